The topological polar surface area (TPSA) is 85.2 Å². The van der Waals surface area contributed by atoms with E-state index in [0.717, 1.165) is 11.6 Å². The van der Waals surface area contributed by atoms with Gasteiger partial charge in [-0.25, -0.2) is 0 Å². The Balaban J connectivity index is 1.84. The fraction of sp³-hybridized carbons (Fsp3) is 0.118. The molecule has 2 aromatic carbocycles. The molecule has 1 heterocycles. The predicted molar refractivity (Wildman–Crippen MR) is 82.3 cm³/mol. The minimum Gasteiger partial charge on any atom is -0.507 e. The summed E-state index contributed by atoms with van der Waals surface area (Å²) < 4.78 is 15.4. The molecule has 0 atom stereocenters. The lowest BCUT2D eigenvalue weighted by molar-refractivity contribution is 0.104. The van der Waals surface area contributed by atoms with E-state index in [4.69, 9.17) is 14.2 Å². The predicted octanol–water partition coefficient (Wildman–Crippen LogP) is 2.73. The van der Waals surface area contributed by atoms with Crippen LogP contribution in [-0.4, -0.2) is 29.9 Å². The van der Waals surface area contributed by atoms with Crippen molar-refractivity contribution in [3.05, 3.63) is 47.5 Å². The first kappa shape index (κ1) is 14.8. The number of phenolic OH excluding ortho intramolecular Hbond substituents is 2. The third-order valence-corrected chi connectivity index (χ3v) is 3.39. The lowest BCUT2D eigenvalue weighted by Gasteiger charge is -2.07. The number of benzene rings is 2. The van der Waals surface area contributed by atoms with Crippen molar-refractivity contribution in [3.63, 3.8) is 0 Å². The molecule has 3 rings (SSSR count). The van der Waals surface area contributed by atoms with Gasteiger partial charge in [0.15, 0.2) is 28.8 Å². The first-order valence-corrected chi connectivity index (χ1v) is 6.80. The van der Waals surface area contributed by atoms with E-state index in [-0.39, 0.29) is 29.6 Å². The Labute approximate surface area is 132 Å². The number of allylic oxidation sites excluding steroid dienone is 1. The maximum atomic E-state index is 12.2. The average Bonchev–Trinajstić information content (AvgIpc) is 3.00. The number of hydrogen-bond donors (Lipinski definition) is 2. The standard InChI is InChI=1S/C17H14O6/c1-21-16-7-11(13(19)8-14(16)20)12(18)4-2-10-3-5-15-17(6-10)23-9-22-15/h2-8,19-20H,9H2,1H3. The van der Waals surface area contributed by atoms with Gasteiger partial charge in [0.1, 0.15) is 5.75 Å². The highest BCUT2D eigenvalue weighted by Gasteiger charge is 2.15. The number of carbonyl (C=O) groups is 1. The molecule has 0 radical (unpaired) electrons. The number of methoxy groups -OCH3 is 1. The van der Waals surface area contributed by atoms with E-state index >= 15 is 0 Å². The van der Waals surface area contributed by atoms with E-state index < -0.39 is 5.78 Å². The number of rotatable bonds is 4. The van der Waals surface area contributed by atoms with Crippen molar-refractivity contribution in [3.8, 4) is 28.7 Å². The molecular formula is C17H14O6. The Morgan fingerprint density at radius 1 is 1.13 bits per heavy atom. The smallest absolute Gasteiger partial charge is 0.231 e. The second-order valence-electron chi connectivity index (χ2n) is 4.85. The summed E-state index contributed by atoms with van der Waals surface area (Å²) in [6.07, 6.45) is 2.92. The van der Waals surface area contributed by atoms with Crippen LogP contribution in [0.25, 0.3) is 6.08 Å². The quantitative estimate of drug-likeness (QED) is 0.667. The zero-order chi connectivity index (χ0) is 16.4. The third-order valence-electron chi connectivity index (χ3n) is 3.39. The van der Waals surface area contributed by atoms with Gasteiger partial charge < -0.3 is 24.4 Å². The summed E-state index contributed by atoms with van der Waals surface area (Å²) in [5, 5.41) is 19.4. The van der Waals surface area contributed by atoms with Gasteiger partial charge in [0, 0.05) is 6.07 Å². The largest absolute Gasteiger partial charge is 0.507 e. The summed E-state index contributed by atoms with van der Waals surface area (Å²) in [6.45, 7) is 0.183. The maximum absolute atomic E-state index is 12.2. The molecule has 0 saturated carbocycles. The van der Waals surface area contributed by atoms with Crippen LogP contribution >= 0.6 is 0 Å². The van der Waals surface area contributed by atoms with E-state index in [1.54, 1.807) is 24.3 Å². The Bertz CT molecular complexity index is 794. The first-order chi connectivity index (χ1) is 11.1. The van der Waals surface area contributed by atoms with E-state index in [9.17, 15) is 15.0 Å². The van der Waals surface area contributed by atoms with Gasteiger partial charge in [0.2, 0.25) is 6.79 Å². The zero-order valence-corrected chi connectivity index (χ0v) is 12.3. The Morgan fingerprint density at radius 3 is 2.70 bits per heavy atom. The lowest BCUT2D eigenvalue weighted by atomic mass is 10.1. The van der Waals surface area contributed by atoms with Crippen LogP contribution in [0.2, 0.25) is 0 Å². The summed E-state index contributed by atoms with van der Waals surface area (Å²) in [6, 6.07) is 7.66. The SMILES string of the molecule is COc1cc(C(=O)C=Cc2ccc3c(c2)OCO3)c(O)cc1O. The molecule has 0 saturated heterocycles. The molecule has 1 aliphatic rings. The van der Waals surface area contributed by atoms with Gasteiger partial charge >= 0.3 is 0 Å². The normalized spacial score (nSPS) is 12.6. The molecule has 0 aromatic heterocycles. The van der Waals surface area contributed by atoms with Crippen LogP contribution < -0.4 is 14.2 Å². The second-order valence-corrected chi connectivity index (χ2v) is 4.85. The fourth-order valence-electron chi connectivity index (χ4n) is 2.20. The summed E-state index contributed by atoms with van der Waals surface area (Å²) in [7, 11) is 1.36. The van der Waals surface area contributed by atoms with Crippen LogP contribution in [0.1, 0.15) is 15.9 Å². The van der Waals surface area contributed by atoms with E-state index in [1.165, 1.54) is 19.3 Å². The van der Waals surface area contributed by atoms with Crippen LogP contribution in [0.15, 0.2) is 36.4 Å². The summed E-state index contributed by atoms with van der Waals surface area (Å²) in [5.41, 5.74) is 0.796. The van der Waals surface area contributed by atoms with Gasteiger partial charge in [0.05, 0.1) is 12.7 Å². The third kappa shape index (κ3) is 2.91. The first-order valence-electron chi connectivity index (χ1n) is 6.80. The van der Waals surface area contributed by atoms with Gasteiger partial charge in [-0.15, -0.1) is 0 Å². The Hall–Kier alpha value is -3.15. The number of fused-ring (bicyclic) bond motifs is 1. The molecule has 0 spiro atoms. The minimum absolute atomic E-state index is 0.0386. The fourth-order valence-corrected chi connectivity index (χ4v) is 2.20. The van der Waals surface area contributed by atoms with Crippen LogP contribution in [0.3, 0.4) is 0 Å². The van der Waals surface area contributed by atoms with Crippen molar-refractivity contribution in [2.24, 2.45) is 0 Å². The highest BCUT2D eigenvalue weighted by molar-refractivity contribution is 6.09. The number of phenols is 2. The number of carbonyl (C=O) groups excluding carboxylic acids is 1. The van der Waals surface area contributed by atoms with Gasteiger partial charge in [-0.05, 0) is 29.8 Å². The number of ether oxygens (including phenoxy) is 3. The molecule has 6 heteroatoms. The Kier molecular flexibility index (Phi) is 3.80. The van der Waals surface area contributed by atoms with Gasteiger partial charge in [-0.2, -0.15) is 0 Å². The Morgan fingerprint density at radius 2 is 1.91 bits per heavy atom. The molecule has 0 unspecified atom stereocenters. The van der Waals surface area contributed by atoms with Gasteiger partial charge in [-0.3, -0.25) is 4.79 Å². The molecule has 0 fully saturated rings. The maximum Gasteiger partial charge on any atom is 0.231 e. The van der Waals surface area contributed by atoms with Crippen LogP contribution in [-0.2, 0) is 0 Å². The molecule has 6 nitrogen and oxygen atoms in total. The van der Waals surface area contributed by atoms with Crippen LogP contribution in [0.5, 0.6) is 28.7 Å². The molecule has 2 N–H and O–H groups in total. The van der Waals surface area contributed by atoms with E-state index in [0.29, 0.717) is 11.5 Å². The molecule has 118 valence electrons. The molecule has 0 aliphatic carbocycles. The van der Waals surface area contributed by atoms with Crippen LogP contribution in [0, 0.1) is 0 Å². The molecule has 0 amide bonds. The van der Waals surface area contributed by atoms with Crippen LogP contribution in [0.4, 0.5) is 0 Å². The summed E-state index contributed by atoms with van der Waals surface area (Å²) in [5.74, 6) is 0.425. The number of ketones is 1. The monoisotopic (exact) mass is 314 g/mol. The summed E-state index contributed by atoms with van der Waals surface area (Å²) >= 11 is 0. The van der Waals surface area contributed by atoms with Crippen molar-refractivity contribution < 1.29 is 29.2 Å². The molecule has 0 bridgehead atoms. The zero-order valence-electron chi connectivity index (χ0n) is 12.3. The van der Waals surface area contributed by atoms with Gasteiger partial charge in [0.25, 0.3) is 0 Å². The molecular weight excluding hydrogens is 300 g/mol. The number of hydrogen-bond acceptors (Lipinski definition) is 6. The van der Waals surface area contributed by atoms with Crippen molar-refractivity contribution in [2.45, 2.75) is 0 Å². The van der Waals surface area contributed by atoms with Crippen molar-refractivity contribution >= 4 is 11.9 Å². The van der Waals surface area contributed by atoms with E-state index in [2.05, 4.69) is 0 Å². The highest BCUT2D eigenvalue weighted by atomic mass is 16.7. The molecule has 23 heavy (non-hydrogen) atoms. The lowest BCUT2D eigenvalue weighted by Crippen LogP contribution is -1.96. The molecule has 1 aliphatic heterocycles. The highest BCUT2D eigenvalue weighted by Crippen LogP contribution is 2.34. The van der Waals surface area contributed by atoms with Crippen molar-refractivity contribution in [1.82, 2.24) is 0 Å². The van der Waals surface area contributed by atoms with Crippen molar-refractivity contribution in [1.29, 1.82) is 0 Å². The minimum atomic E-state index is -0.418. The van der Waals surface area contributed by atoms with Gasteiger partial charge in [-0.1, -0.05) is 12.1 Å². The van der Waals surface area contributed by atoms with E-state index in [1.807, 2.05) is 0 Å². The van der Waals surface area contributed by atoms with Crippen molar-refractivity contribution in [2.75, 3.05) is 13.9 Å². The molecule has 2 aromatic rings. The summed E-state index contributed by atoms with van der Waals surface area (Å²) in [4.78, 5) is 12.2. The second kappa shape index (κ2) is 5.92. The average molecular weight is 314 g/mol. The number of aromatic hydroxyl groups is 2.